The van der Waals surface area contributed by atoms with Crippen molar-refractivity contribution in [2.45, 2.75) is 42.6 Å². The lowest BCUT2D eigenvalue weighted by Crippen LogP contribution is -2.54. The van der Waals surface area contributed by atoms with Crippen LogP contribution in [0.15, 0.2) is 133 Å². The Labute approximate surface area is 357 Å². The minimum Gasteiger partial charge on any atom is -0.491 e. The molecule has 62 heavy (non-hydrogen) atoms. The summed E-state index contributed by atoms with van der Waals surface area (Å²) in [7, 11) is 0. The van der Waals surface area contributed by atoms with Crippen LogP contribution in [0, 0.1) is 17.8 Å². The predicted octanol–water partition coefficient (Wildman–Crippen LogP) is 5.30. The molecule has 0 saturated carbocycles. The summed E-state index contributed by atoms with van der Waals surface area (Å²) in [6, 6.07) is 33.0. The Morgan fingerprint density at radius 1 is 0.855 bits per heavy atom. The van der Waals surface area contributed by atoms with Crippen LogP contribution in [0.25, 0.3) is 0 Å². The third-order valence-electron chi connectivity index (χ3n) is 11.7. The lowest BCUT2D eigenvalue weighted by atomic mass is 9.65. The van der Waals surface area contributed by atoms with Crippen LogP contribution in [-0.4, -0.2) is 70.8 Å². The van der Waals surface area contributed by atoms with Crippen molar-refractivity contribution in [3.63, 3.8) is 0 Å². The number of amides is 5. The van der Waals surface area contributed by atoms with Gasteiger partial charge in [-0.1, -0.05) is 115 Å². The number of nitrogens with two attached hydrogens (primary N) is 1. The highest BCUT2D eigenvalue weighted by atomic mass is 16.6. The Morgan fingerprint density at radius 2 is 1.52 bits per heavy atom. The fraction of sp³-hybridized carbons (Fsp3) is 0.229. The summed E-state index contributed by atoms with van der Waals surface area (Å²) in [5.41, 5.74) is 6.11. The highest BCUT2D eigenvalue weighted by Crippen LogP contribution is 2.66. The van der Waals surface area contributed by atoms with Crippen molar-refractivity contribution < 1.29 is 43.7 Å². The van der Waals surface area contributed by atoms with Crippen LogP contribution in [0.4, 0.5) is 15.3 Å². The molecule has 0 aromatic heterocycles. The van der Waals surface area contributed by atoms with Crippen LogP contribution in [0.3, 0.4) is 0 Å². The summed E-state index contributed by atoms with van der Waals surface area (Å²) >= 11 is 0. The molecule has 0 radical (unpaired) electrons. The molecule has 7 atom stereocenters. The predicted molar refractivity (Wildman–Crippen MR) is 226 cm³/mol. The molecule has 0 bridgehead atoms. The average Bonchev–Trinajstić information content (AvgIpc) is 3.74. The Morgan fingerprint density at radius 3 is 2.18 bits per heavy atom. The second-order valence-electron chi connectivity index (χ2n) is 15.2. The summed E-state index contributed by atoms with van der Waals surface area (Å²) in [6.07, 6.45) is -0.972. The molecule has 0 aliphatic carbocycles. The number of aliphatic hydroxyl groups is 1. The van der Waals surface area contributed by atoms with Gasteiger partial charge in [-0.2, -0.15) is 0 Å². The van der Waals surface area contributed by atoms with Crippen LogP contribution < -0.4 is 26.0 Å². The van der Waals surface area contributed by atoms with Gasteiger partial charge < -0.3 is 36.1 Å². The molecule has 7 unspecified atom stereocenters. The quantitative estimate of drug-likeness (QED) is 0.0909. The van der Waals surface area contributed by atoms with E-state index in [1.807, 2.05) is 91.0 Å². The average molecular weight is 834 g/mol. The van der Waals surface area contributed by atoms with Crippen molar-refractivity contribution in [2.75, 3.05) is 24.7 Å². The van der Waals surface area contributed by atoms with Gasteiger partial charge in [-0.25, -0.2) is 14.5 Å². The number of hydrogen-bond acceptors (Lipinski definition) is 9. The number of nitrogens with zero attached hydrogens (tertiary/aromatic N) is 2. The number of cyclic esters (lactones) is 1. The molecule has 314 valence electrons. The van der Waals surface area contributed by atoms with Crippen molar-refractivity contribution in [2.24, 2.45) is 11.7 Å². The van der Waals surface area contributed by atoms with Gasteiger partial charge in [0.1, 0.15) is 35.8 Å². The molecule has 3 aliphatic heterocycles. The van der Waals surface area contributed by atoms with Crippen molar-refractivity contribution in [3.8, 4) is 17.6 Å². The smallest absolute Gasteiger partial charge is 0.329 e. The molecular formula is C48H43N5O9. The van der Waals surface area contributed by atoms with Gasteiger partial charge in [-0.3, -0.25) is 19.3 Å². The minimum atomic E-state index is -2.20. The van der Waals surface area contributed by atoms with Gasteiger partial charge in [0, 0.05) is 5.56 Å². The van der Waals surface area contributed by atoms with E-state index in [4.69, 9.17) is 15.2 Å². The largest absolute Gasteiger partial charge is 0.491 e. The number of morpholine rings is 1. The van der Waals surface area contributed by atoms with Crippen LogP contribution in [0.2, 0.25) is 0 Å². The molecule has 1 spiro atoms. The van der Waals surface area contributed by atoms with Crippen molar-refractivity contribution in [3.05, 3.63) is 167 Å². The maximum Gasteiger partial charge on any atom is 0.329 e. The summed E-state index contributed by atoms with van der Waals surface area (Å²) in [6.45, 7) is 1.32. The summed E-state index contributed by atoms with van der Waals surface area (Å²) in [5.74, 6) is 1.06. The highest BCUT2D eigenvalue weighted by molar-refractivity contribution is 6.24. The zero-order chi connectivity index (χ0) is 43.5. The van der Waals surface area contributed by atoms with Crippen LogP contribution in [-0.2, 0) is 24.5 Å². The number of aliphatic carboxylic acids is 1. The molecule has 3 aliphatic rings. The number of carbonyl (C=O) groups excluding carboxylic acids is 4. The fourth-order valence-corrected chi connectivity index (χ4v) is 9.26. The number of ether oxygens (including phenoxy) is 2. The van der Waals surface area contributed by atoms with E-state index in [-0.39, 0.29) is 31.0 Å². The molecule has 14 heteroatoms. The number of fused-ring (bicyclic) bond motifs is 3. The molecule has 5 aromatic rings. The van der Waals surface area contributed by atoms with E-state index in [2.05, 4.69) is 22.5 Å². The van der Waals surface area contributed by atoms with Crippen molar-refractivity contribution in [1.82, 2.24) is 15.5 Å². The first-order valence-corrected chi connectivity index (χ1v) is 20.1. The summed E-state index contributed by atoms with van der Waals surface area (Å²) in [4.78, 5) is 74.0. The Kier molecular flexibility index (Phi) is 11.5. The van der Waals surface area contributed by atoms with E-state index in [1.165, 1.54) is 6.07 Å². The first-order chi connectivity index (χ1) is 30.1. The minimum absolute atomic E-state index is 0.0552. The normalized spacial score (nSPS) is 23.0. The number of hydrogen-bond donors (Lipinski definition) is 5. The number of carboxylic acid groups (broad SMARTS) is 1. The van der Waals surface area contributed by atoms with Crippen molar-refractivity contribution in [1.29, 1.82) is 0 Å². The van der Waals surface area contributed by atoms with Gasteiger partial charge in [-0.15, -0.1) is 0 Å². The maximum absolute atomic E-state index is 16.1. The van der Waals surface area contributed by atoms with E-state index >= 15 is 4.79 Å². The standard InChI is InChI=1S/C48H43N5O9/c1-29(31-14-5-2-6-15-31)51-47(60)52-37-23-22-30(13-12-24-50-46(49)59)27-36(37)48(45(52)58)38(43(55)56)40-44(57)62-41(33-18-9-4-10-19-33)39(32-16-7-3-8-17-32)53(40)42(48)34-20-11-21-35(28-34)61-26-25-54/h2-11,14-23,27-29,38-42,54H,24-26H2,1H3,(H,51,60)(H,55,56)(H3,49,50,59). The van der Waals surface area contributed by atoms with Crippen molar-refractivity contribution >= 4 is 35.6 Å². The molecule has 8 rings (SSSR count). The van der Waals surface area contributed by atoms with E-state index in [1.54, 1.807) is 48.2 Å². The van der Waals surface area contributed by atoms with Gasteiger partial charge >= 0.3 is 24.0 Å². The topological polar surface area (TPSA) is 201 Å². The molecule has 5 aromatic carbocycles. The van der Waals surface area contributed by atoms with Gasteiger partial charge in [-0.05, 0) is 65.1 Å². The molecular weight excluding hydrogens is 791 g/mol. The second kappa shape index (κ2) is 17.3. The van der Waals surface area contributed by atoms with Gasteiger partial charge in [0.15, 0.2) is 0 Å². The fourth-order valence-electron chi connectivity index (χ4n) is 9.26. The molecule has 5 amide bonds. The first kappa shape index (κ1) is 41.3. The second-order valence-corrected chi connectivity index (χ2v) is 15.2. The number of anilines is 1. The Bertz CT molecular complexity index is 2580. The molecule has 2 fully saturated rings. The van der Waals surface area contributed by atoms with E-state index < -0.39 is 71.5 Å². The lowest BCUT2D eigenvalue weighted by molar-refractivity contribution is -0.179. The Balaban J connectivity index is 1.41. The number of imide groups is 1. The number of benzene rings is 5. The van der Waals surface area contributed by atoms with E-state index in [0.29, 0.717) is 28.0 Å². The van der Waals surface area contributed by atoms with Gasteiger partial charge in [0.25, 0.3) is 0 Å². The maximum atomic E-state index is 16.1. The van der Waals surface area contributed by atoms with Gasteiger partial charge in [0.05, 0.1) is 37.0 Å². The molecule has 6 N–H and O–H groups in total. The summed E-state index contributed by atoms with van der Waals surface area (Å²) in [5, 5.41) is 26.6. The first-order valence-electron chi connectivity index (χ1n) is 20.1. The highest BCUT2D eigenvalue weighted by Gasteiger charge is 2.76. The molecule has 3 heterocycles. The number of nitrogens with one attached hydrogen (secondary N) is 2. The summed E-state index contributed by atoms with van der Waals surface area (Å²) < 4.78 is 12.2. The number of carboxylic acids is 1. The number of rotatable bonds is 10. The van der Waals surface area contributed by atoms with Crippen LogP contribution >= 0.6 is 0 Å². The van der Waals surface area contributed by atoms with Crippen LogP contribution in [0.1, 0.15) is 64.5 Å². The number of esters is 1. The van der Waals surface area contributed by atoms with Crippen LogP contribution in [0.5, 0.6) is 5.75 Å². The number of urea groups is 2. The third kappa shape index (κ3) is 7.27. The van der Waals surface area contributed by atoms with E-state index in [0.717, 1.165) is 10.5 Å². The molecule has 14 nitrogen and oxygen atoms in total. The molecule has 2 saturated heterocycles. The third-order valence-corrected chi connectivity index (χ3v) is 11.7. The number of aliphatic hydroxyl groups excluding tert-OH is 1. The zero-order valence-electron chi connectivity index (χ0n) is 33.5. The lowest BCUT2D eigenvalue weighted by Gasteiger charge is -2.46. The zero-order valence-corrected chi connectivity index (χ0v) is 33.5. The SMILES string of the molecule is CC(NC(=O)N1C(=O)C2(c3cc(C#CCNC(N)=O)ccc31)C(C(=O)O)C1C(=O)OC(c3ccccc3)C(c3ccccc3)N1C2c1cccc(OCCO)c1)c1ccccc1. The Hall–Kier alpha value is -7.47. The van der Waals surface area contributed by atoms with E-state index in [9.17, 15) is 29.4 Å². The van der Waals surface area contributed by atoms with Gasteiger partial charge in [0.2, 0.25) is 5.91 Å². The number of primary amides is 1. The monoisotopic (exact) mass is 833 g/mol. The number of carbonyl (C=O) groups is 5.